The number of hydrogen-bond acceptors (Lipinski definition) is 1. The van der Waals surface area contributed by atoms with Gasteiger partial charge in [-0.15, -0.1) is 2.95 Å². The molecule has 0 aliphatic heterocycles. The second-order valence-electron chi connectivity index (χ2n) is 1.81. The third-order valence-electron chi connectivity index (χ3n) is 1.05. The highest BCUT2D eigenvalue weighted by molar-refractivity contribution is 14.1. The quantitative estimate of drug-likeness (QED) is 0.245. The van der Waals surface area contributed by atoms with Crippen LogP contribution in [0.5, 0.6) is 0 Å². The number of nitrogens with zero attached hydrogens (tertiary/aromatic N) is 1. The predicted molar refractivity (Wildman–Crippen MR) is 49.3 cm³/mol. The Hall–Kier alpha value is -0.580. The molecule has 0 aliphatic rings. The van der Waals surface area contributed by atoms with E-state index >= 15 is 0 Å². The van der Waals surface area contributed by atoms with E-state index in [2.05, 4.69) is 0 Å². The molecule has 2 nitrogen and oxygen atoms in total. The Kier molecular flexibility index (Phi) is 2.68. The maximum atomic E-state index is 10.5. The Morgan fingerprint density at radius 3 is 2.40 bits per heavy atom. The molecule has 0 atom stereocenters. The zero-order valence-electron chi connectivity index (χ0n) is 5.20. The van der Waals surface area contributed by atoms with Gasteiger partial charge in [-0.3, -0.25) is 0 Å². The first-order chi connectivity index (χ1) is 4.79. The average Bonchev–Trinajstić information content (AvgIpc) is 1.88. The normalized spacial score (nSPS) is 11.5. The first-order valence-corrected chi connectivity index (χ1v) is 3.77. The molecule has 3 heteroatoms. The van der Waals surface area contributed by atoms with E-state index < -0.39 is 0 Å². The van der Waals surface area contributed by atoms with E-state index in [1.807, 2.05) is 30.3 Å². The SMILES string of the molecule is [O-][N+](I)=Cc1ccccc1. The van der Waals surface area contributed by atoms with E-state index in [1.54, 1.807) is 22.9 Å². The summed E-state index contributed by atoms with van der Waals surface area (Å²) in [4.78, 5) is 0. The number of hydrogen-bond donors (Lipinski definition) is 0. The van der Waals surface area contributed by atoms with E-state index in [0.29, 0.717) is 0 Å². The summed E-state index contributed by atoms with van der Waals surface area (Å²) in [5.74, 6) is 0. The second kappa shape index (κ2) is 3.55. The molecule has 0 fully saturated rings. The van der Waals surface area contributed by atoms with Crippen LogP contribution in [0.15, 0.2) is 30.3 Å². The summed E-state index contributed by atoms with van der Waals surface area (Å²) in [5, 5.41) is 10.5. The Balaban J connectivity index is 2.87. The maximum absolute atomic E-state index is 10.5. The van der Waals surface area contributed by atoms with Crippen molar-refractivity contribution in [3.05, 3.63) is 41.1 Å². The molecule has 0 amide bonds. The van der Waals surface area contributed by atoms with Crippen LogP contribution in [0.25, 0.3) is 0 Å². The van der Waals surface area contributed by atoms with Crippen molar-refractivity contribution in [1.82, 2.24) is 0 Å². The van der Waals surface area contributed by atoms with E-state index in [4.69, 9.17) is 0 Å². The molecule has 0 heterocycles. The molecule has 0 N–H and O–H groups in total. The van der Waals surface area contributed by atoms with Gasteiger partial charge in [-0.1, -0.05) is 18.2 Å². The van der Waals surface area contributed by atoms with Crippen molar-refractivity contribution in [3.63, 3.8) is 0 Å². The molecule has 10 heavy (non-hydrogen) atoms. The highest BCUT2D eigenvalue weighted by atomic mass is 127. The number of rotatable bonds is 1. The van der Waals surface area contributed by atoms with Gasteiger partial charge in [0.1, 0.15) is 0 Å². The van der Waals surface area contributed by atoms with E-state index in [-0.39, 0.29) is 0 Å². The summed E-state index contributed by atoms with van der Waals surface area (Å²) in [6, 6.07) is 9.46. The Bertz CT molecular complexity index is 229. The van der Waals surface area contributed by atoms with Gasteiger partial charge in [-0.2, -0.15) is 0 Å². The van der Waals surface area contributed by atoms with E-state index in [1.165, 1.54) is 6.21 Å². The van der Waals surface area contributed by atoms with Gasteiger partial charge in [0.05, 0.1) is 0 Å². The third kappa shape index (κ3) is 2.34. The van der Waals surface area contributed by atoms with Gasteiger partial charge in [0, 0.05) is 5.56 Å². The molecular formula is C7H6INO. The van der Waals surface area contributed by atoms with Crippen molar-refractivity contribution in [2.75, 3.05) is 0 Å². The van der Waals surface area contributed by atoms with Crippen molar-refractivity contribution < 1.29 is 2.95 Å². The lowest BCUT2D eigenvalue weighted by Crippen LogP contribution is -1.88. The van der Waals surface area contributed by atoms with Crippen LogP contribution in [0, 0.1) is 5.21 Å². The smallest absolute Gasteiger partial charge is 0.361 e. The summed E-state index contributed by atoms with van der Waals surface area (Å²) in [6.45, 7) is 0. The van der Waals surface area contributed by atoms with Gasteiger partial charge >= 0.3 is 22.9 Å². The molecule has 0 radical (unpaired) electrons. The standard InChI is InChI=1S/C7H6INO/c8-9(10)6-7-4-2-1-3-5-7/h1-6H. The first kappa shape index (κ1) is 7.53. The van der Waals surface area contributed by atoms with E-state index in [0.717, 1.165) is 8.52 Å². The lowest BCUT2D eigenvalue weighted by Gasteiger charge is -1.90. The molecule has 0 spiro atoms. The molecule has 0 aromatic heterocycles. The third-order valence-corrected chi connectivity index (χ3v) is 1.33. The monoisotopic (exact) mass is 247 g/mol. The van der Waals surface area contributed by atoms with Crippen LogP contribution < -0.4 is 0 Å². The highest BCUT2D eigenvalue weighted by Gasteiger charge is 1.88. The van der Waals surface area contributed by atoms with Crippen molar-refractivity contribution in [3.8, 4) is 0 Å². The fourth-order valence-electron chi connectivity index (χ4n) is 0.656. The van der Waals surface area contributed by atoms with Gasteiger partial charge < -0.3 is 5.21 Å². The molecule has 0 aliphatic carbocycles. The van der Waals surface area contributed by atoms with Crippen molar-refractivity contribution >= 4 is 29.1 Å². The Labute approximate surface area is 73.3 Å². The Morgan fingerprint density at radius 2 is 1.90 bits per heavy atom. The van der Waals surface area contributed by atoms with Gasteiger partial charge in [0.15, 0.2) is 6.21 Å². The van der Waals surface area contributed by atoms with Crippen LogP contribution in [0.2, 0.25) is 0 Å². The largest absolute Gasteiger partial charge is 0.616 e. The van der Waals surface area contributed by atoms with Gasteiger partial charge in [-0.05, 0) is 12.1 Å². The number of halogens is 1. The molecule has 0 unspecified atom stereocenters. The van der Waals surface area contributed by atoms with Gasteiger partial charge in [0.2, 0.25) is 0 Å². The average molecular weight is 247 g/mol. The van der Waals surface area contributed by atoms with Crippen molar-refractivity contribution in [2.45, 2.75) is 0 Å². The minimum Gasteiger partial charge on any atom is -0.616 e. The second-order valence-corrected chi connectivity index (χ2v) is 2.76. The fraction of sp³-hybridized carbons (Fsp3) is 0. The summed E-state index contributed by atoms with van der Waals surface area (Å²) in [5.41, 5.74) is 0.923. The van der Waals surface area contributed by atoms with Crippen LogP contribution >= 0.6 is 22.9 Å². The van der Waals surface area contributed by atoms with Gasteiger partial charge in [0.25, 0.3) is 0 Å². The van der Waals surface area contributed by atoms with Crippen LogP contribution in [0.4, 0.5) is 0 Å². The Morgan fingerprint density at radius 1 is 1.30 bits per heavy atom. The summed E-state index contributed by atoms with van der Waals surface area (Å²) in [6.07, 6.45) is 1.51. The van der Waals surface area contributed by atoms with Crippen LogP contribution in [0.1, 0.15) is 5.56 Å². The van der Waals surface area contributed by atoms with Crippen LogP contribution in [-0.2, 0) is 0 Å². The highest BCUT2D eigenvalue weighted by Crippen LogP contribution is 1.94. The lowest BCUT2D eigenvalue weighted by molar-refractivity contribution is -0.193. The molecule has 0 saturated heterocycles. The van der Waals surface area contributed by atoms with E-state index in [9.17, 15) is 5.21 Å². The molecule has 1 aromatic rings. The van der Waals surface area contributed by atoms with Crippen molar-refractivity contribution in [2.24, 2.45) is 0 Å². The number of benzene rings is 1. The van der Waals surface area contributed by atoms with Crippen LogP contribution in [0.3, 0.4) is 0 Å². The molecule has 52 valence electrons. The fourth-order valence-corrected chi connectivity index (χ4v) is 0.978. The summed E-state index contributed by atoms with van der Waals surface area (Å²) in [7, 11) is 0. The zero-order chi connectivity index (χ0) is 7.40. The minimum absolute atomic E-state index is 0.757. The van der Waals surface area contributed by atoms with Gasteiger partial charge in [-0.25, -0.2) is 0 Å². The molecule has 1 rings (SSSR count). The molecule has 0 bridgehead atoms. The molecular weight excluding hydrogens is 241 g/mol. The zero-order valence-corrected chi connectivity index (χ0v) is 7.36. The lowest BCUT2D eigenvalue weighted by atomic mass is 10.2. The summed E-state index contributed by atoms with van der Waals surface area (Å²) < 4.78 is 0.757. The summed E-state index contributed by atoms with van der Waals surface area (Å²) >= 11 is 1.67. The predicted octanol–water partition coefficient (Wildman–Crippen LogP) is 1.97. The van der Waals surface area contributed by atoms with Crippen molar-refractivity contribution in [1.29, 1.82) is 0 Å². The molecule has 1 aromatic carbocycles. The topological polar surface area (TPSA) is 26.1 Å². The van der Waals surface area contributed by atoms with Crippen LogP contribution in [-0.4, -0.2) is 9.17 Å². The minimum atomic E-state index is 0.757. The first-order valence-electron chi connectivity index (χ1n) is 2.81. The maximum Gasteiger partial charge on any atom is 0.361 e. The molecule has 0 saturated carbocycles.